The fraction of sp³-hybridized carbons (Fsp3) is 0.545. The number of benzene rings is 1. The van der Waals surface area contributed by atoms with E-state index < -0.39 is 0 Å². The van der Waals surface area contributed by atoms with Crippen LogP contribution in [-0.2, 0) is 13.1 Å². The molecule has 1 saturated carbocycles. The van der Waals surface area contributed by atoms with E-state index in [2.05, 4.69) is 63.3 Å². The molecule has 2 N–H and O–H groups in total. The molecule has 2 aromatic rings. The maximum absolute atomic E-state index is 4.42. The van der Waals surface area contributed by atoms with Crippen LogP contribution in [0.5, 0.6) is 0 Å². The van der Waals surface area contributed by atoms with E-state index in [4.69, 9.17) is 0 Å². The predicted octanol–water partition coefficient (Wildman–Crippen LogP) is 4.43. The van der Waals surface area contributed by atoms with Crippen LogP contribution in [0.15, 0.2) is 48.0 Å². The van der Waals surface area contributed by atoms with Crippen LogP contribution in [0.2, 0.25) is 0 Å². The van der Waals surface area contributed by atoms with Gasteiger partial charge in [-0.1, -0.05) is 38.1 Å². The predicted molar refractivity (Wildman–Crippen MR) is 127 cm³/mol. The van der Waals surface area contributed by atoms with Crippen molar-refractivity contribution in [3.63, 3.8) is 0 Å². The molecule has 5 nitrogen and oxygen atoms in total. The van der Waals surface area contributed by atoms with Crippen molar-refractivity contribution in [2.75, 3.05) is 7.05 Å². The van der Waals surface area contributed by atoms with Gasteiger partial charge in [-0.25, -0.2) is 4.98 Å². The summed E-state index contributed by atoms with van der Waals surface area (Å²) in [6.07, 6.45) is 10.8. The topological polar surface area (TPSA) is 54.2 Å². The van der Waals surface area contributed by atoms with Crippen molar-refractivity contribution in [3.8, 4) is 0 Å². The SMILES string of the molecule is CN=C(NCc1cccc(Cn2ccnc2)c1)NC1CCC(C(C)C)CC1.I. The Hall–Kier alpha value is -1.57. The highest BCUT2D eigenvalue weighted by atomic mass is 127. The molecule has 1 aromatic heterocycles. The fourth-order valence-corrected chi connectivity index (χ4v) is 3.93. The van der Waals surface area contributed by atoms with Crippen molar-refractivity contribution >= 4 is 29.9 Å². The van der Waals surface area contributed by atoms with E-state index in [0.717, 1.165) is 30.9 Å². The molecule has 0 saturated heterocycles. The summed E-state index contributed by atoms with van der Waals surface area (Å²) in [5.74, 6) is 2.59. The summed E-state index contributed by atoms with van der Waals surface area (Å²) in [6.45, 7) is 6.32. The van der Waals surface area contributed by atoms with Gasteiger partial charge in [-0.05, 0) is 48.6 Å². The quantitative estimate of drug-likeness (QED) is 0.354. The number of hydrogen-bond acceptors (Lipinski definition) is 2. The standard InChI is InChI=1S/C22H33N5.HI/c1-17(2)20-7-9-21(10-8-20)26-22(23-3)25-14-18-5-4-6-19(13-18)15-27-12-11-24-16-27;/h4-6,11-13,16-17,20-21H,7-10,14-15H2,1-3H3,(H2,23,25,26);1H. The van der Waals surface area contributed by atoms with E-state index in [1.54, 1.807) is 0 Å². The van der Waals surface area contributed by atoms with Gasteiger partial charge in [0.05, 0.1) is 6.33 Å². The summed E-state index contributed by atoms with van der Waals surface area (Å²) in [4.78, 5) is 8.52. The Morgan fingerprint density at radius 3 is 2.61 bits per heavy atom. The molecule has 0 spiro atoms. The van der Waals surface area contributed by atoms with E-state index >= 15 is 0 Å². The second-order valence-electron chi connectivity index (χ2n) is 7.98. The molecule has 1 aliphatic carbocycles. The summed E-state index contributed by atoms with van der Waals surface area (Å²) < 4.78 is 2.08. The molecule has 154 valence electrons. The van der Waals surface area contributed by atoms with Crippen molar-refractivity contribution < 1.29 is 0 Å². The Morgan fingerprint density at radius 2 is 1.96 bits per heavy atom. The fourth-order valence-electron chi connectivity index (χ4n) is 3.93. The van der Waals surface area contributed by atoms with E-state index in [9.17, 15) is 0 Å². The summed E-state index contributed by atoms with van der Waals surface area (Å²) in [6, 6.07) is 9.22. The third-order valence-electron chi connectivity index (χ3n) is 5.65. The van der Waals surface area contributed by atoms with E-state index in [0.29, 0.717) is 6.04 Å². The second kappa shape index (κ2) is 11.4. The number of nitrogens with one attached hydrogen (secondary N) is 2. The molecule has 1 aliphatic rings. The molecule has 1 heterocycles. The lowest BCUT2D eigenvalue weighted by Gasteiger charge is -2.32. The summed E-state index contributed by atoms with van der Waals surface area (Å²) >= 11 is 0. The van der Waals surface area contributed by atoms with Gasteiger partial charge in [0.2, 0.25) is 0 Å². The highest BCUT2D eigenvalue weighted by molar-refractivity contribution is 14.0. The molecule has 0 unspecified atom stereocenters. The number of nitrogens with zero attached hydrogens (tertiary/aromatic N) is 3. The molecular weight excluding hydrogens is 461 g/mol. The first-order chi connectivity index (χ1) is 13.1. The van der Waals surface area contributed by atoms with E-state index in [1.165, 1.54) is 36.8 Å². The molecule has 3 rings (SSSR count). The minimum absolute atomic E-state index is 0. The van der Waals surface area contributed by atoms with Crippen molar-refractivity contribution in [1.82, 2.24) is 20.2 Å². The van der Waals surface area contributed by atoms with Crippen LogP contribution in [-0.4, -0.2) is 28.6 Å². The number of aliphatic imine (C=N–C) groups is 1. The molecule has 0 amide bonds. The smallest absolute Gasteiger partial charge is 0.191 e. The van der Waals surface area contributed by atoms with Crippen LogP contribution in [0.25, 0.3) is 0 Å². The average molecular weight is 495 g/mol. The van der Waals surface area contributed by atoms with Gasteiger partial charge >= 0.3 is 0 Å². The van der Waals surface area contributed by atoms with Crippen LogP contribution in [0.1, 0.15) is 50.7 Å². The van der Waals surface area contributed by atoms with Gasteiger partial charge in [0.25, 0.3) is 0 Å². The Balaban J connectivity index is 0.00000280. The van der Waals surface area contributed by atoms with Gasteiger partial charge in [0.15, 0.2) is 5.96 Å². The average Bonchev–Trinajstić information content (AvgIpc) is 3.19. The zero-order valence-corrected chi connectivity index (χ0v) is 19.6. The molecule has 0 bridgehead atoms. The monoisotopic (exact) mass is 495 g/mol. The van der Waals surface area contributed by atoms with Gasteiger partial charge in [-0.15, -0.1) is 24.0 Å². The van der Waals surface area contributed by atoms with Crippen molar-refractivity contribution in [1.29, 1.82) is 0 Å². The number of rotatable bonds is 6. The number of imidazole rings is 1. The first kappa shape index (κ1) is 22.7. The molecule has 1 fully saturated rings. The Kier molecular flexibility index (Phi) is 9.28. The lowest BCUT2D eigenvalue weighted by Crippen LogP contribution is -2.44. The highest BCUT2D eigenvalue weighted by Gasteiger charge is 2.23. The normalized spacial score (nSPS) is 19.9. The number of halogens is 1. The first-order valence-corrected chi connectivity index (χ1v) is 10.1. The Labute approximate surface area is 186 Å². The lowest BCUT2D eigenvalue weighted by molar-refractivity contribution is 0.250. The minimum atomic E-state index is 0. The Bertz CT molecular complexity index is 718. The maximum Gasteiger partial charge on any atom is 0.191 e. The van der Waals surface area contributed by atoms with Crippen molar-refractivity contribution in [2.24, 2.45) is 16.8 Å². The summed E-state index contributed by atoms with van der Waals surface area (Å²) in [7, 11) is 1.85. The second-order valence-corrected chi connectivity index (χ2v) is 7.98. The molecule has 0 atom stereocenters. The van der Waals surface area contributed by atoms with Crippen LogP contribution < -0.4 is 10.6 Å². The van der Waals surface area contributed by atoms with Crippen LogP contribution in [0.3, 0.4) is 0 Å². The molecule has 6 heteroatoms. The van der Waals surface area contributed by atoms with Crippen LogP contribution in [0, 0.1) is 11.8 Å². The van der Waals surface area contributed by atoms with E-state index in [1.807, 2.05) is 25.8 Å². The highest BCUT2D eigenvalue weighted by Crippen LogP contribution is 2.29. The van der Waals surface area contributed by atoms with Crippen LogP contribution >= 0.6 is 24.0 Å². The zero-order chi connectivity index (χ0) is 19.1. The number of hydrogen-bond donors (Lipinski definition) is 2. The van der Waals surface area contributed by atoms with Gasteiger partial charge in [0.1, 0.15) is 0 Å². The van der Waals surface area contributed by atoms with Gasteiger partial charge < -0.3 is 15.2 Å². The number of guanidine groups is 1. The van der Waals surface area contributed by atoms with Crippen LogP contribution in [0.4, 0.5) is 0 Å². The third kappa shape index (κ3) is 6.79. The van der Waals surface area contributed by atoms with Gasteiger partial charge in [-0.3, -0.25) is 4.99 Å². The molecule has 0 aliphatic heterocycles. The Morgan fingerprint density at radius 1 is 1.21 bits per heavy atom. The van der Waals surface area contributed by atoms with E-state index in [-0.39, 0.29) is 24.0 Å². The minimum Gasteiger partial charge on any atom is -0.354 e. The molecule has 28 heavy (non-hydrogen) atoms. The molecule has 0 radical (unpaired) electrons. The lowest BCUT2D eigenvalue weighted by atomic mass is 9.80. The van der Waals surface area contributed by atoms with Gasteiger partial charge in [0, 0.05) is 38.6 Å². The van der Waals surface area contributed by atoms with Gasteiger partial charge in [-0.2, -0.15) is 0 Å². The van der Waals surface area contributed by atoms with Crippen molar-refractivity contribution in [2.45, 2.75) is 58.7 Å². The molecule has 1 aromatic carbocycles. The molecular formula is C22H34IN5. The third-order valence-corrected chi connectivity index (χ3v) is 5.65. The largest absolute Gasteiger partial charge is 0.354 e. The summed E-state index contributed by atoms with van der Waals surface area (Å²) in [5.41, 5.74) is 2.54. The first-order valence-electron chi connectivity index (χ1n) is 10.1. The maximum atomic E-state index is 4.42. The zero-order valence-electron chi connectivity index (χ0n) is 17.3. The number of aromatic nitrogens is 2. The summed E-state index contributed by atoms with van der Waals surface area (Å²) in [5, 5.41) is 7.09. The van der Waals surface area contributed by atoms with Crippen molar-refractivity contribution in [3.05, 3.63) is 54.1 Å².